The molecule has 2 aliphatic rings. The van der Waals surface area contributed by atoms with Crippen molar-refractivity contribution in [3.63, 3.8) is 0 Å². The fraction of sp³-hybridized carbons (Fsp3) is 0.941. The molecule has 0 bridgehead atoms. The van der Waals surface area contributed by atoms with Gasteiger partial charge in [0.2, 0.25) is 0 Å². The summed E-state index contributed by atoms with van der Waals surface area (Å²) in [6.07, 6.45) is -1.20. The monoisotopic (exact) mass is 360 g/mol. The Morgan fingerprint density at radius 1 is 1.17 bits per heavy atom. The van der Waals surface area contributed by atoms with E-state index in [0.717, 1.165) is 0 Å². The first-order chi connectivity index (χ1) is 10.9. The standard InChI is InChI=1S/C17H32O6Si/c1-10(2)20-16-15(23-24(7,8)17(4,5)6)14-13(22-14)12(21-16)9-19-11(3)18/h10,12-16H,9H2,1-8H3/t12?,13-,14?,15?,16-/m0/s1. The van der Waals surface area contributed by atoms with Crippen LogP contribution in [-0.4, -0.2) is 57.7 Å². The van der Waals surface area contributed by atoms with Crippen LogP contribution in [0.4, 0.5) is 0 Å². The van der Waals surface area contributed by atoms with Gasteiger partial charge in [0, 0.05) is 6.92 Å². The Morgan fingerprint density at radius 2 is 1.79 bits per heavy atom. The SMILES string of the molecule is CC(=O)OCC1O[C@H](OC(C)C)C(O[Si](C)(C)C(C)(C)C)C2O[C@@H]12. The van der Waals surface area contributed by atoms with E-state index in [4.69, 9.17) is 23.4 Å². The second-order valence-corrected chi connectivity index (χ2v) is 13.2. The summed E-state index contributed by atoms with van der Waals surface area (Å²) in [6, 6.07) is 0. The van der Waals surface area contributed by atoms with Crippen molar-refractivity contribution < 1.29 is 28.2 Å². The van der Waals surface area contributed by atoms with Crippen LogP contribution in [0.25, 0.3) is 0 Å². The van der Waals surface area contributed by atoms with Gasteiger partial charge in [0.1, 0.15) is 31.0 Å². The van der Waals surface area contributed by atoms with E-state index in [1.165, 1.54) is 6.92 Å². The van der Waals surface area contributed by atoms with Gasteiger partial charge in [-0.25, -0.2) is 0 Å². The van der Waals surface area contributed by atoms with Crippen molar-refractivity contribution in [3.05, 3.63) is 0 Å². The number of hydrogen-bond acceptors (Lipinski definition) is 6. The molecule has 2 saturated heterocycles. The lowest BCUT2D eigenvalue weighted by Gasteiger charge is -2.42. The van der Waals surface area contributed by atoms with Crippen molar-refractivity contribution in [1.82, 2.24) is 0 Å². The summed E-state index contributed by atoms with van der Waals surface area (Å²) < 4.78 is 29.4. The Bertz CT molecular complexity index is 458. The van der Waals surface area contributed by atoms with E-state index in [1.54, 1.807) is 0 Å². The van der Waals surface area contributed by atoms with Gasteiger partial charge in [-0.05, 0) is 32.0 Å². The highest BCUT2D eigenvalue weighted by Crippen LogP contribution is 2.44. The van der Waals surface area contributed by atoms with Gasteiger partial charge in [0.15, 0.2) is 14.6 Å². The third kappa shape index (κ3) is 4.57. The van der Waals surface area contributed by atoms with Crippen LogP contribution in [0.3, 0.4) is 0 Å². The number of esters is 1. The number of epoxide rings is 1. The van der Waals surface area contributed by atoms with Gasteiger partial charge in [0.25, 0.3) is 0 Å². The lowest BCUT2D eigenvalue weighted by atomic mass is 10.1. The molecule has 140 valence electrons. The number of hydrogen-bond donors (Lipinski definition) is 0. The van der Waals surface area contributed by atoms with Crippen LogP contribution in [-0.2, 0) is 28.2 Å². The average Bonchev–Trinajstić information content (AvgIpc) is 3.17. The maximum atomic E-state index is 11.1. The number of rotatable bonds is 6. The van der Waals surface area contributed by atoms with E-state index in [2.05, 4.69) is 33.9 Å². The smallest absolute Gasteiger partial charge is 0.302 e. The fourth-order valence-electron chi connectivity index (χ4n) is 2.53. The molecule has 0 saturated carbocycles. The minimum absolute atomic E-state index is 0.00481. The molecule has 2 heterocycles. The molecule has 5 atom stereocenters. The van der Waals surface area contributed by atoms with Crippen LogP contribution < -0.4 is 0 Å². The highest BCUT2D eigenvalue weighted by atomic mass is 28.4. The highest BCUT2D eigenvalue weighted by molar-refractivity contribution is 6.74. The molecular weight excluding hydrogens is 328 g/mol. The van der Waals surface area contributed by atoms with Crippen molar-refractivity contribution >= 4 is 14.3 Å². The maximum Gasteiger partial charge on any atom is 0.302 e. The Kier molecular flexibility index (Phi) is 5.82. The van der Waals surface area contributed by atoms with Crippen LogP contribution >= 0.6 is 0 Å². The molecule has 0 aromatic rings. The number of carbonyl (C=O) groups is 1. The molecule has 0 radical (unpaired) electrons. The number of ether oxygens (including phenoxy) is 4. The summed E-state index contributed by atoms with van der Waals surface area (Å²) >= 11 is 0. The Morgan fingerprint density at radius 3 is 2.29 bits per heavy atom. The lowest BCUT2D eigenvalue weighted by Crippen LogP contribution is -2.55. The van der Waals surface area contributed by atoms with Crippen LogP contribution in [0.15, 0.2) is 0 Å². The largest absolute Gasteiger partial charge is 0.463 e. The van der Waals surface area contributed by atoms with Gasteiger partial charge in [0.05, 0.1) is 6.10 Å². The first-order valence-electron chi connectivity index (χ1n) is 8.70. The maximum absolute atomic E-state index is 11.1. The van der Waals surface area contributed by atoms with Crippen LogP contribution in [0.2, 0.25) is 18.1 Å². The molecular formula is C17H32O6Si. The second kappa shape index (κ2) is 7.03. The molecule has 7 heteroatoms. The molecule has 0 aliphatic carbocycles. The summed E-state index contributed by atoms with van der Waals surface area (Å²) in [5.41, 5.74) is 0. The Balaban J connectivity index is 2.09. The molecule has 2 rings (SSSR count). The average molecular weight is 361 g/mol. The Hall–Kier alpha value is -0.473. The van der Waals surface area contributed by atoms with Gasteiger partial charge in [-0.3, -0.25) is 4.79 Å². The van der Waals surface area contributed by atoms with E-state index in [-0.39, 0.29) is 48.1 Å². The molecule has 3 unspecified atom stereocenters. The second-order valence-electron chi connectivity index (χ2n) is 8.44. The summed E-state index contributed by atoms with van der Waals surface area (Å²) in [4.78, 5) is 11.1. The minimum atomic E-state index is -1.98. The highest BCUT2D eigenvalue weighted by Gasteiger charge is 2.60. The molecule has 0 amide bonds. The van der Waals surface area contributed by atoms with E-state index in [1.807, 2.05) is 13.8 Å². The molecule has 2 fully saturated rings. The first kappa shape index (κ1) is 19.8. The van der Waals surface area contributed by atoms with E-state index in [0.29, 0.717) is 0 Å². The fourth-order valence-corrected chi connectivity index (χ4v) is 3.81. The number of carbonyl (C=O) groups excluding carboxylic acids is 1. The zero-order valence-electron chi connectivity index (χ0n) is 16.1. The Labute approximate surface area is 146 Å². The topological polar surface area (TPSA) is 66.5 Å². The van der Waals surface area contributed by atoms with Crippen molar-refractivity contribution in [1.29, 1.82) is 0 Å². The van der Waals surface area contributed by atoms with Crippen LogP contribution in [0.5, 0.6) is 0 Å². The third-order valence-electron chi connectivity index (χ3n) is 4.92. The van der Waals surface area contributed by atoms with E-state index < -0.39 is 14.6 Å². The van der Waals surface area contributed by atoms with Crippen LogP contribution in [0.1, 0.15) is 41.5 Å². The summed E-state index contributed by atoms with van der Waals surface area (Å²) in [5, 5.41) is 0.0916. The molecule has 0 N–H and O–H groups in total. The lowest BCUT2D eigenvalue weighted by molar-refractivity contribution is -0.245. The quantitative estimate of drug-likeness (QED) is 0.412. The molecule has 0 spiro atoms. The third-order valence-corrected chi connectivity index (χ3v) is 9.40. The van der Waals surface area contributed by atoms with Gasteiger partial charge in [-0.15, -0.1) is 0 Å². The number of fused-ring (bicyclic) bond motifs is 1. The molecule has 2 aliphatic heterocycles. The summed E-state index contributed by atoms with van der Waals surface area (Å²) in [7, 11) is -1.98. The molecule has 0 aromatic heterocycles. The summed E-state index contributed by atoms with van der Waals surface area (Å²) in [6.45, 7) is 16.5. The van der Waals surface area contributed by atoms with Gasteiger partial charge in [-0.2, -0.15) is 0 Å². The zero-order chi connectivity index (χ0) is 18.3. The summed E-state index contributed by atoms with van der Waals surface area (Å²) in [5.74, 6) is -0.322. The van der Waals surface area contributed by atoms with E-state index in [9.17, 15) is 4.79 Å². The molecule has 6 nitrogen and oxygen atoms in total. The first-order valence-corrected chi connectivity index (χ1v) is 11.6. The van der Waals surface area contributed by atoms with Crippen molar-refractivity contribution in [2.75, 3.05) is 6.61 Å². The normalized spacial score (nSPS) is 33.3. The zero-order valence-corrected chi connectivity index (χ0v) is 17.1. The molecule has 0 aromatic carbocycles. The van der Waals surface area contributed by atoms with Gasteiger partial charge in [-0.1, -0.05) is 20.8 Å². The predicted molar refractivity (Wildman–Crippen MR) is 92.2 cm³/mol. The van der Waals surface area contributed by atoms with Gasteiger partial charge < -0.3 is 23.4 Å². The van der Waals surface area contributed by atoms with Gasteiger partial charge >= 0.3 is 5.97 Å². The molecule has 24 heavy (non-hydrogen) atoms. The van der Waals surface area contributed by atoms with Crippen LogP contribution in [0, 0.1) is 0 Å². The van der Waals surface area contributed by atoms with Crippen molar-refractivity contribution in [2.24, 2.45) is 0 Å². The minimum Gasteiger partial charge on any atom is -0.463 e. The van der Waals surface area contributed by atoms with Crippen molar-refractivity contribution in [3.8, 4) is 0 Å². The van der Waals surface area contributed by atoms with E-state index >= 15 is 0 Å². The predicted octanol–water partition coefficient (Wildman–Crippen LogP) is 2.86. The van der Waals surface area contributed by atoms with Crippen molar-refractivity contribution in [2.45, 2.75) is 96.5 Å².